The Hall–Kier alpha value is -0.710. The summed E-state index contributed by atoms with van der Waals surface area (Å²) in [6, 6.07) is 10.4. The molecule has 0 aliphatic carbocycles. The van der Waals surface area contributed by atoms with Gasteiger partial charge in [-0.2, -0.15) is 0 Å². The van der Waals surface area contributed by atoms with Gasteiger partial charge >= 0.3 is 0 Å². The van der Waals surface area contributed by atoms with E-state index in [1.165, 1.54) is 10.5 Å². The summed E-state index contributed by atoms with van der Waals surface area (Å²) in [6.45, 7) is 7.41. The van der Waals surface area contributed by atoms with E-state index < -0.39 is 0 Å². The highest BCUT2D eigenvalue weighted by atomic mass is 79.9. The topological polar surface area (TPSA) is 25.2 Å². The molecule has 0 spiro atoms. The van der Waals surface area contributed by atoms with Crippen LogP contribution in [-0.2, 0) is 12.3 Å². The van der Waals surface area contributed by atoms with Gasteiger partial charge in [-0.1, -0.05) is 15.9 Å². The number of benzene rings is 1. The van der Waals surface area contributed by atoms with Crippen LogP contribution in [0.5, 0.6) is 0 Å². The van der Waals surface area contributed by atoms with Crippen molar-refractivity contribution in [1.82, 2.24) is 5.32 Å². The molecule has 2 rings (SSSR count). The maximum Gasteiger partial charge on any atom is 0.113 e. The zero-order valence-corrected chi connectivity index (χ0v) is 14.5. The van der Waals surface area contributed by atoms with Gasteiger partial charge in [-0.25, -0.2) is 0 Å². The number of hydrogen-bond acceptors (Lipinski definition) is 3. The smallest absolute Gasteiger partial charge is 0.113 e. The summed E-state index contributed by atoms with van der Waals surface area (Å²) in [6.07, 6.45) is 1.72. The lowest BCUT2D eigenvalue weighted by Crippen LogP contribution is -2.35. The van der Waals surface area contributed by atoms with Crippen molar-refractivity contribution in [2.24, 2.45) is 0 Å². The molecule has 0 aliphatic heterocycles. The second-order valence-corrected chi connectivity index (χ2v) is 7.66. The van der Waals surface area contributed by atoms with Crippen molar-refractivity contribution in [2.45, 2.75) is 43.5 Å². The highest BCUT2D eigenvalue weighted by molar-refractivity contribution is 9.10. The molecule has 4 heteroatoms. The van der Waals surface area contributed by atoms with Crippen LogP contribution in [0.2, 0.25) is 0 Å². The highest BCUT2D eigenvalue weighted by Crippen LogP contribution is 2.29. The number of furan rings is 1. The van der Waals surface area contributed by atoms with Crippen LogP contribution in [0.15, 0.2) is 50.4 Å². The third kappa shape index (κ3) is 5.00. The average molecular weight is 354 g/mol. The summed E-state index contributed by atoms with van der Waals surface area (Å²) in [5.41, 5.74) is 1.43. The molecule has 1 aromatic heterocycles. The summed E-state index contributed by atoms with van der Waals surface area (Å²) >= 11 is 5.36. The molecule has 0 saturated carbocycles. The fourth-order valence-corrected chi connectivity index (χ4v) is 3.08. The average Bonchev–Trinajstić information content (AvgIpc) is 2.87. The monoisotopic (exact) mass is 353 g/mol. The van der Waals surface area contributed by atoms with E-state index in [2.05, 4.69) is 60.2 Å². The first-order chi connectivity index (χ1) is 9.44. The molecule has 0 atom stereocenters. The summed E-state index contributed by atoms with van der Waals surface area (Å²) < 4.78 is 6.50. The van der Waals surface area contributed by atoms with Crippen molar-refractivity contribution < 1.29 is 4.42 Å². The second kappa shape index (κ2) is 6.83. The first kappa shape index (κ1) is 15.7. The lowest BCUT2D eigenvalue weighted by atomic mass is 10.1. The van der Waals surface area contributed by atoms with Gasteiger partial charge in [0.2, 0.25) is 0 Å². The number of thioether (sulfide) groups is 1. The Balaban J connectivity index is 2.07. The molecule has 0 fully saturated rings. The maximum atomic E-state index is 5.39. The third-order valence-corrected chi connectivity index (χ3v) is 4.41. The normalized spacial score (nSPS) is 11.8. The third-order valence-electron chi connectivity index (χ3n) is 2.78. The van der Waals surface area contributed by atoms with E-state index in [1.807, 2.05) is 23.9 Å². The largest absolute Gasteiger partial charge is 0.468 e. The molecule has 0 radical (unpaired) electrons. The van der Waals surface area contributed by atoms with Gasteiger partial charge in [-0.05, 0) is 56.7 Å². The minimum absolute atomic E-state index is 0.116. The molecule has 2 aromatic rings. The van der Waals surface area contributed by atoms with E-state index in [9.17, 15) is 0 Å². The first-order valence-corrected chi connectivity index (χ1v) is 8.40. The van der Waals surface area contributed by atoms with Gasteiger partial charge in [0.15, 0.2) is 0 Å². The molecule has 20 heavy (non-hydrogen) atoms. The molecular weight excluding hydrogens is 334 g/mol. The van der Waals surface area contributed by atoms with Crippen molar-refractivity contribution in [3.8, 4) is 0 Å². The van der Waals surface area contributed by atoms with E-state index in [0.29, 0.717) is 0 Å². The van der Waals surface area contributed by atoms with Gasteiger partial charge in [0, 0.05) is 21.5 Å². The summed E-state index contributed by atoms with van der Waals surface area (Å²) in [5.74, 6) is 1.87. The summed E-state index contributed by atoms with van der Waals surface area (Å²) in [4.78, 5) is 1.29. The Morgan fingerprint density at radius 2 is 2.05 bits per heavy atom. The standard InChI is InChI=1S/C16H20BrNOS/c1-16(2,3)18-10-12-9-13(17)6-7-15(12)20-11-14-5-4-8-19-14/h4-9,18H,10-11H2,1-3H3. The first-order valence-electron chi connectivity index (χ1n) is 6.63. The van der Waals surface area contributed by atoms with Crippen molar-refractivity contribution in [2.75, 3.05) is 0 Å². The van der Waals surface area contributed by atoms with Gasteiger partial charge < -0.3 is 9.73 Å². The van der Waals surface area contributed by atoms with E-state index in [0.717, 1.165) is 22.5 Å². The van der Waals surface area contributed by atoms with E-state index in [1.54, 1.807) is 6.26 Å². The fraction of sp³-hybridized carbons (Fsp3) is 0.375. The molecule has 0 bridgehead atoms. The zero-order valence-electron chi connectivity index (χ0n) is 12.1. The van der Waals surface area contributed by atoms with E-state index >= 15 is 0 Å². The number of rotatable bonds is 5. The van der Waals surface area contributed by atoms with Crippen LogP contribution in [0.3, 0.4) is 0 Å². The predicted octanol–water partition coefficient (Wildman–Crippen LogP) is 5.22. The Morgan fingerprint density at radius 3 is 2.70 bits per heavy atom. The number of nitrogens with one attached hydrogen (secondary N) is 1. The van der Waals surface area contributed by atoms with Crippen molar-refractivity contribution >= 4 is 27.7 Å². The molecule has 0 amide bonds. The van der Waals surface area contributed by atoms with Crippen LogP contribution in [0, 0.1) is 0 Å². The van der Waals surface area contributed by atoms with E-state index in [4.69, 9.17) is 4.42 Å². The van der Waals surface area contributed by atoms with Crippen LogP contribution in [0.25, 0.3) is 0 Å². The summed E-state index contributed by atoms with van der Waals surface area (Å²) in [7, 11) is 0. The zero-order chi connectivity index (χ0) is 14.6. The molecule has 0 saturated heterocycles. The lowest BCUT2D eigenvalue weighted by molar-refractivity contribution is 0.422. The van der Waals surface area contributed by atoms with E-state index in [-0.39, 0.29) is 5.54 Å². The van der Waals surface area contributed by atoms with Gasteiger partial charge in [-0.3, -0.25) is 0 Å². The Morgan fingerprint density at radius 1 is 1.25 bits per heavy atom. The molecule has 108 valence electrons. The number of hydrogen-bond donors (Lipinski definition) is 1. The van der Waals surface area contributed by atoms with Gasteiger partial charge in [-0.15, -0.1) is 11.8 Å². The Labute approximate surface area is 133 Å². The van der Waals surface area contributed by atoms with Crippen LogP contribution in [-0.4, -0.2) is 5.54 Å². The molecular formula is C16H20BrNOS. The van der Waals surface area contributed by atoms with Crippen LogP contribution < -0.4 is 5.32 Å². The van der Waals surface area contributed by atoms with Crippen LogP contribution in [0.4, 0.5) is 0 Å². The van der Waals surface area contributed by atoms with Crippen molar-refractivity contribution in [3.63, 3.8) is 0 Å². The second-order valence-electron chi connectivity index (χ2n) is 5.72. The SMILES string of the molecule is CC(C)(C)NCc1cc(Br)ccc1SCc1ccco1. The van der Waals surface area contributed by atoms with Crippen molar-refractivity contribution in [3.05, 3.63) is 52.4 Å². The minimum atomic E-state index is 0.116. The minimum Gasteiger partial charge on any atom is -0.468 e. The summed E-state index contributed by atoms with van der Waals surface area (Å²) in [5, 5.41) is 3.54. The molecule has 2 nitrogen and oxygen atoms in total. The Kier molecular flexibility index (Phi) is 5.35. The van der Waals surface area contributed by atoms with Crippen LogP contribution >= 0.6 is 27.7 Å². The molecule has 1 heterocycles. The quantitative estimate of drug-likeness (QED) is 0.745. The molecule has 0 aliphatic rings. The van der Waals surface area contributed by atoms with Crippen LogP contribution in [0.1, 0.15) is 32.1 Å². The maximum absolute atomic E-state index is 5.39. The van der Waals surface area contributed by atoms with Gasteiger partial charge in [0.25, 0.3) is 0 Å². The molecule has 0 unspecified atom stereocenters. The van der Waals surface area contributed by atoms with Gasteiger partial charge in [0.1, 0.15) is 5.76 Å². The lowest BCUT2D eigenvalue weighted by Gasteiger charge is -2.21. The van der Waals surface area contributed by atoms with Gasteiger partial charge in [0.05, 0.1) is 12.0 Å². The number of halogens is 1. The van der Waals surface area contributed by atoms with Crippen molar-refractivity contribution in [1.29, 1.82) is 0 Å². The molecule has 1 N–H and O–H groups in total. The molecule has 1 aromatic carbocycles. The Bertz CT molecular complexity index is 546. The fourth-order valence-electron chi connectivity index (χ4n) is 1.73. The predicted molar refractivity (Wildman–Crippen MR) is 89.0 cm³/mol. The highest BCUT2D eigenvalue weighted by Gasteiger charge is 2.11.